The van der Waals surface area contributed by atoms with Crippen LogP contribution in [0.5, 0.6) is 0 Å². The van der Waals surface area contributed by atoms with Crippen molar-refractivity contribution in [2.45, 2.75) is 130 Å². The van der Waals surface area contributed by atoms with Crippen molar-refractivity contribution in [1.29, 1.82) is 0 Å². The first-order valence-corrected chi connectivity index (χ1v) is 30.0. The molecule has 16 heteroatoms. The first kappa shape index (κ1) is 48.9. The molecule has 0 N–H and O–H groups in total. The van der Waals surface area contributed by atoms with E-state index in [4.69, 9.17) is 18.9 Å². The van der Waals surface area contributed by atoms with E-state index in [2.05, 4.69) is 105 Å². The van der Waals surface area contributed by atoms with E-state index in [1.807, 2.05) is 64.0 Å². The van der Waals surface area contributed by atoms with Crippen LogP contribution in [-0.4, -0.2) is 134 Å². The molecule has 0 saturated carbocycles. The van der Waals surface area contributed by atoms with Crippen molar-refractivity contribution in [2.24, 2.45) is 0 Å². The first-order chi connectivity index (χ1) is 29.0. The van der Waals surface area contributed by atoms with Crippen molar-refractivity contribution >= 4 is 61.8 Å². The number of amides is 2. The van der Waals surface area contributed by atoms with Crippen LogP contribution in [0.2, 0.25) is 51.4 Å². The lowest BCUT2D eigenvalue weighted by Crippen LogP contribution is -2.39. The Hall–Kier alpha value is -4.13. The van der Waals surface area contributed by atoms with Gasteiger partial charge in [0, 0.05) is 93.1 Å². The lowest BCUT2D eigenvalue weighted by molar-refractivity contribution is 0.0252. The van der Waals surface area contributed by atoms with E-state index in [0.29, 0.717) is 26.6 Å². The zero-order valence-corrected chi connectivity index (χ0v) is 42.0. The topological polar surface area (TPSA) is 120 Å². The standard InChI is InChI=1S/2C23H38N4O3Si/c1-23(2,3)30-22(28)26-11-7-10-25(12-13-26)19-8-9-21-20(16-19)24-17-27(21)18-29-14-15-31(4,5)6;1-23(2,3)30-22(28)26-11-7-10-25(12-13-26)19-8-9-20-21(16-19)27(17-24-20)18-29-14-15-31(4,5)6/h2*8-9,16-17H,7,10-15,18H2,1-6H3. The van der Waals surface area contributed by atoms with Gasteiger partial charge in [0.15, 0.2) is 0 Å². The molecule has 0 spiro atoms. The molecule has 2 fully saturated rings. The van der Waals surface area contributed by atoms with Crippen LogP contribution in [0.1, 0.15) is 54.4 Å². The molecule has 4 aromatic rings. The molecule has 2 amide bonds. The summed E-state index contributed by atoms with van der Waals surface area (Å²) in [6, 6.07) is 15.1. The fraction of sp³-hybridized carbons (Fsp3) is 0.652. The van der Waals surface area contributed by atoms with Gasteiger partial charge in [-0.25, -0.2) is 19.6 Å². The van der Waals surface area contributed by atoms with Gasteiger partial charge in [0.2, 0.25) is 0 Å². The van der Waals surface area contributed by atoms with Gasteiger partial charge in [-0.05, 0) is 103 Å². The highest BCUT2D eigenvalue weighted by Crippen LogP contribution is 2.26. The number of hydrogen-bond acceptors (Lipinski definition) is 10. The average molecular weight is 893 g/mol. The molecule has 6 rings (SSSR count). The summed E-state index contributed by atoms with van der Waals surface area (Å²) in [5, 5.41) is 0. The fourth-order valence-electron chi connectivity index (χ4n) is 7.15. The van der Waals surface area contributed by atoms with Crippen molar-refractivity contribution in [3.63, 3.8) is 0 Å². The number of carbonyl (C=O) groups is 2. The van der Waals surface area contributed by atoms with E-state index in [0.717, 1.165) is 105 Å². The summed E-state index contributed by atoms with van der Waals surface area (Å²) in [5.41, 5.74) is 5.48. The molecule has 0 unspecified atom stereocenters. The number of anilines is 2. The molecule has 2 aromatic heterocycles. The summed E-state index contributed by atoms with van der Waals surface area (Å²) in [5.74, 6) is 0. The van der Waals surface area contributed by atoms with Crippen LogP contribution in [0, 0.1) is 0 Å². The van der Waals surface area contributed by atoms with Crippen molar-refractivity contribution < 1.29 is 28.5 Å². The highest BCUT2D eigenvalue weighted by atomic mass is 28.3. The van der Waals surface area contributed by atoms with Crippen LogP contribution in [0.25, 0.3) is 22.1 Å². The zero-order valence-electron chi connectivity index (χ0n) is 40.0. The van der Waals surface area contributed by atoms with Gasteiger partial charge in [0.05, 0.1) is 34.7 Å². The maximum absolute atomic E-state index is 12.4. The largest absolute Gasteiger partial charge is 0.444 e. The Balaban J connectivity index is 0.000000234. The summed E-state index contributed by atoms with van der Waals surface area (Å²) >= 11 is 0. The lowest BCUT2D eigenvalue weighted by Gasteiger charge is -2.27. The normalized spacial score (nSPS) is 15.9. The van der Waals surface area contributed by atoms with Crippen LogP contribution in [-0.2, 0) is 32.4 Å². The number of carbonyl (C=O) groups excluding carboxylic acids is 2. The minimum atomic E-state index is -1.09. The lowest BCUT2D eigenvalue weighted by atomic mass is 10.2. The quantitative estimate of drug-likeness (QED) is 0.101. The van der Waals surface area contributed by atoms with Gasteiger partial charge < -0.3 is 47.7 Å². The average Bonchev–Trinajstić information content (AvgIpc) is 3.53. The molecule has 4 heterocycles. The Morgan fingerprint density at radius 2 is 1.02 bits per heavy atom. The predicted molar refractivity (Wildman–Crippen MR) is 257 cm³/mol. The number of benzene rings is 2. The van der Waals surface area contributed by atoms with Crippen molar-refractivity contribution in [1.82, 2.24) is 28.9 Å². The molecule has 0 aliphatic carbocycles. The summed E-state index contributed by atoms with van der Waals surface area (Å²) in [6.45, 7) is 34.4. The maximum Gasteiger partial charge on any atom is 0.410 e. The monoisotopic (exact) mass is 893 g/mol. The van der Waals surface area contributed by atoms with Gasteiger partial charge in [0.25, 0.3) is 0 Å². The van der Waals surface area contributed by atoms with E-state index in [9.17, 15) is 9.59 Å². The summed E-state index contributed by atoms with van der Waals surface area (Å²) in [4.78, 5) is 42.3. The summed E-state index contributed by atoms with van der Waals surface area (Å²) in [7, 11) is -2.17. The summed E-state index contributed by atoms with van der Waals surface area (Å²) < 4.78 is 27.1. The third kappa shape index (κ3) is 15.6. The zero-order chi connectivity index (χ0) is 45.3. The van der Waals surface area contributed by atoms with Crippen molar-refractivity contribution in [3.8, 4) is 0 Å². The third-order valence-corrected chi connectivity index (χ3v) is 14.1. The highest BCUT2D eigenvalue weighted by molar-refractivity contribution is 6.76. The number of hydrogen-bond donors (Lipinski definition) is 0. The van der Waals surface area contributed by atoms with Gasteiger partial charge in [-0.1, -0.05) is 39.3 Å². The molecule has 2 saturated heterocycles. The second-order valence-electron chi connectivity index (χ2n) is 21.1. The fourth-order valence-corrected chi connectivity index (χ4v) is 8.66. The first-order valence-electron chi connectivity index (χ1n) is 22.5. The molecule has 0 bridgehead atoms. The number of ether oxygens (including phenoxy) is 4. The van der Waals surface area contributed by atoms with Gasteiger partial charge in [-0.3, -0.25) is 0 Å². The smallest absolute Gasteiger partial charge is 0.410 e. The number of imidazole rings is 2. The van der Waals surface area contributed by atoms with Crippen LogP contribution in [0.15, 0.2) is 49.1 Å². The van der Waals surface area contributed by atoms with E-state index in [1.165, 1.54) is 6.04 Å². The Morgan fingerprint density at radius 1 is 0.565 bits per heavy atom. The van der Waals surface area contributed by atoms with Gasteiger partial charge >= 0.3 is 12.2 Å². The molecular formula is C46H76N8O6Si2. The van der Waals surface area contributed by atoms with Crippen molar-refractivity contribution in [2.75, 3.05) is 75.4 Å². The van der Waals surface area contributed by atoms with E-state index in [1.54, 1.807) is 0 Å². The van der Waals surface area contributed by atoms with Crippen LogP contribution in [0.3, 0.4) is 0 Å². The molecule has 0 atom stereocenters. The Labute approximate surface area is 372 Å². The van der Waals surface area contributed by atoms with E-state index < -0.39 is 27.3 Å². The molecule has 2 aromatic carbocycles. The molecular weight excluding hydrogens is 817 g/mol. The van der Waals surface area contributed by atoms with Gasteiger partial charge in [-0.2, -0.15) is 0 Å². The molecule has 62 heavy (non-hydrogen) atoms. The highest BCUT2D eigenvalue weighted by Gasteiger charge is 2.26. The minimum absolute atomic E-state index is 0.224. The van der Waals surface area contributed by atoms with Crippen LogP contribution < -0.4 is 9.80 Å². The molecule has 0 radical (unpaired) electrons. The molecule has 344 valence electrons. The Bertz CT molecular complexity index is 2060. The Kier molecular flexibility index (Phi) is 16.6. The number of nitrogens with zero attached hydrogens (tertiary/aromatic N) is 8. The van der Waals surface area contributed by atoms with E-state index in [-0.39, 0.29) is 12.2 Å². The van der Waals surface area contributed by atoms with E-state index >= 15 is 0 Å². The SMILES string of the molecule is CC(C)(C)OC(=O)N1CCCN(c2ccc3c(c2)ncn3COCC[Si](C)(C)C)CC1.CC(C)(C)OC(=O)N1CCCN(c2ccc3ncn(COCC[Si](C)(C)C)c3c2)CC1. The predicted octanol–water partition coefficient (Wildman–Crippen LogP) is 9.59. The maximum atomic E-state index is 12.4. The van der Waals surface area contributed by atoms with Gasteiger partial charge in [-0.15, -0.1) is 0 Å². The second-order valence-corrected chi connectivity index (χ2v) is 32.3. The third-order valence-electron chi connectivity index (χ3n) is 10.7. The van der Waals surface area contributed by atoms with Crippen LogP contribution in [0.4, 0.5) is 21.0 Å². The number of aromatic nitrogens is 4. The number of fused-ring (bicyclic) bond motifs is 2. The molecule has 2 aliphatic heterocycles. The molecule has 14 nitrogen and oxygen atoms in total. The Morgan fingerprint density at radius 3 is 1.50 bits per heavy atom. The van der Waals surface area contributed by atoms with Crippen LogP contribution >= 0.6 is 0 Å². The minimum Gasteiger partial charge on any atom is -0.444 e. The summed E-state index contributed by atoms with van der Waals surface area (Å²) in [6.07, 6.45) is 5.09. The van der Waals surface area contributed by atoms with Gasteiger partial charge in [0.1, 0.15) is 24.7 Å². The number of rotatable bonds is 12. The second kappa shape index (κ2) is 21.0. The van der Waals surface area contributed by atoms with Crippen molar-refractivity contribution in [3.05, 3.63) is 49.1 Å². The molecule has 2 aliphatic rings.